The molecule has 16 heavy (non-hydrogen) atoms. The van der Waals surface area contributed by atoms with Gasteiger partial charge in [-0.3, -0.25) is 5.32 Å². The number of hydrogen-bond acceptors (Lipinski definition) is 3. The number of nitrogens with zero attached hydrogens (tertiary/aromatic N) is 1. The van der Waals surface area contributed by atoms with Gasteiger partial charge in [-0.25, -0.2) is 9.78 Å². The summed E-state index contributed by atoms with van der Waals surface area (Å²) >= 11 is 1.38. The monoisotopic (exact) mass is 233 g/mol. The molecule has 82 valence electrons. The molecule has 1 aromatic heterocycles. The van der Waals surface area contributed by atoms with Gasteiger partial charge in [-0.05, 0) is 19.1 Å². The number of thiazole rings is 1. The fraction of sp³-hybridized carbons (Fsp3) is 0.0909. The number of aryl methyl sites for hydroxylation is 1. The number of amides is 2. The number of anilines is 2. The first-order valence-electron chi connectivity index (χ1n) is 4.78. The van der Waals surface area contributed by atoms with Gasteiger partial charge in [0.15, 0.2) is 5.13 Å². The van der Waals surface area contributed by atoms with E-state index in [2.05, 4.69) is 15.6 Å². The lowest BCUT2D eigenvalue weighted by atomic mass is 10.2. The topological polar surface area (TPSA) is 54.0 Å². The maximum Gasteiger partial charge on any atom is 0.325 e. The average molecular weight is 233 g/mol. The molecule has 0 saturated heterocycles. The van der Waals surface area contributed by atoms with Gasteiger partial charge in [-0.1, -0.05) is 17.7 Å². The molecule has 0 spiro atoms. The third kappa shape index (κ3) is 2.80. The van der Waals surface area contributed by atoms with Crippen LogP contribution in [0.4, 0.5) is 15.6 Å². The summed E-state index contributed by atoms with van der Waals surface area (Å²) in [6.45, 7) is 2.00. The highest BCUT2D eigenvalue weighted by atomic mass is 32.1. The van der Waals surface area contributed by atoms with Crippen LogP contribution in [-0.4, -0.2) is 11.0 Å². The lowest BCUT2D eigenvalue weighted by Crippen LogP contribution is -2.19. The van der Waals surface area contributed by atoms with Crippen molar-refractivity contribution >= 4 is 28.2 Å². The van der Waals surface area contributed by atoms with Crippen LogP contribution in [0.3, 0.4) is 0 Å². The Morgan fingerprint density at radius 1 is 1.25 bits per heavy atom. The first-order chi connectivity index (χ1) is 7.74. The summed E-state index contributed by atoms with van der Waals surface area (Å²) in [5.41, 5.74) is 1.92. The molecule has 0 fully saturated rings. The van der Waals surface area contributed by atoms with Crippen molar-refractivity contribution in [3.8, 4) is 0 Å². The lowest BCUT2D eigenvalue weighted by molar-refractivity contribution is 0.262. The summed E-state index contributed by atoms with van der Waals surface area (Å²) in [4.78, 5) is 15.5. The van der Waals surface area contributed by atoms with Crippen molar-refractivity contribution in [1.82, 2.24) is 4.98 Å². The second-order valence-corrected chi connectivity index (χ2v) is 4.18. The highest BCUT2D eigenvalue weighted by Gasteiger charge is 2.03. The predicted octanol–water partition coefficient (Wildman–Crippen LogP) is 3.10. The zero-order valence-electron chi connectivity index (χ0n) is 8.73. The predicted molar refractivity (Wildman–Crippen MR) is 65.9 cm³/mol. The average Bonchev–Trinajstić information content (AvgIpc) is 2.74. The van der Waals surface area contributed by atoms with E-state index in [1.165, 1.54) is 11.3 Å². The van der Waals surface area contributed by atoms with Crippen LogP contribution in [0.1, 0.15) is 5.56 Å². The van der Waals surface area contributed by atoms with Crippen molar-refractivity contribution in [3.63, 3.8) is 0 Å². The summed E-state index contributed by atoms with van der Waals surface area (Å²) in [5.74, 6) is 0. The molecule has 1 aromatic carbocycles. The number of benzene rings is 1. The summed E-state index contributed by atoms with van der Waals surface area (Å²) in [6, 6.07) is 7.32. The van der Waals surface area contributed by atoms with Crippen molar-refractivity contribution < 1.29 is 4.79 Å². The molecular formula is C11H11N3OS. The number of carbonyl (C=O) groups excluding carboxylic acids is 1. The molecule has 2 aromatic rings. The maximum atomic E-state index is 11.5. The second-order valence-electron chi connectivity index (χ2n) is 3.28. The van der Waals surface area contributed by atoms with Gasteiger partial charge < -0.3 is 5.32 Å². The van der Waals surface area contributed by atoms with Crippen LogP contribution in [0.5, 0.6) is 0 Å². The molecule has 0 aliphatic carbocycles. The highest BCUT2D eigenvalue weighted by Crippen LogP contribution is 2.12. The Labute approximate surface area is 97.3 Å². The van der Waals surface area contributed by atoms with E-state index in [1.54, 1.807) is 6.20 Å². The molecule has 0 bridgehead atoms. The number of nitrogens with one attached hydrogen (secondary N) is 2. The van der Waals surface area contributed by atoms with Crippen LogP contribution in [0.2, 0.25) is 0 Å². The Morgan fingerprint density at radius 3 is 2.62 bits per heavy atom. The largest absolute Gasteiger partial charge is 0.325 e. The van der Waals surface area contributed by atoms with E-state index in [4.69, 9.17) is 0 Å². The van der Waals surface area contributed by atoms with E-state index < -0.39 is 0 Å². The fourth-order valence-corrected chi connectivity index (χ4v) is 1.71. The van der Waals surface area contributed by atoms with Gasteiger partial charge in [-0.15, -0.1) is 11.3 Å². The summed E-state index contributed by atoms with van der Waals surface area (Å²) in [7, 11) is 0. The third-order valence-corrected chi connectivity index (χ3v) is 2.65. The standard InChI is InChI=1S/C11H11N3OS/c1-8-2-4-9(5-3-8)13-10(15)14-11-12-6-7-16-11/h2-7H,1H3,(H2,12,13,14,15). The van der Waals surface area contributed by atoms with Crippen molar-refractivity contribution in [1.29, 1.82) is 0 Å². The number of carbonyl (C=O) groups is 1. The molecule has 0 radical (unpaired) electrons. The van der Waals surface area contributed by atoms with Crippen LogP contribution < -0.4 is 10.6 Å². The third-order valence-electron chi connectivity index (χ3n) is 1.96. The first kappa shape index (κ1) is 10.6. The highest BCUT2D eigenvalue weighted by molar-refractivity contribution is 7.13. The smallest absolute Gasteiger partial charge is 0.308 e. The van der Waals surface area contributed by atoms with Gasteiger partial charge in [0.25, 0.3) is 0 Å². The van der Waals surface area contributed by atoms with Crippen LogP contribution in [0.15, 0.2) is 35.8 Å². The Balaban J connectivity index is 1.95. The molecule has 2 N–H and O–H groups in total. The minimum atomic E-state index is -0.279. The number of aromatic nitrogens is 1. The molecule has 1 heterocycles. The molecule has 0 unspecified atom stereocenters. The first-order valence-corrected chi connectivity index (χ1v) is 5.66. The molecule has 5 heteroatoms. The van der Waals surface area contributed by atoms with E-state index >= 15 is 0 Å². The van der Waals surface area contributed by atoms with Gasteiger partial charge in [0.05, 0.1) is 0 Å². The molecule has 4 nitrogen and oxygen atoms in total. The van der Waals surface area contributed by atoms with E-state index in [1.807, 2.05) is 36.6 Å². The Bertz CT molecular complexity index is 464. The van der Waals surface area contributed by atoms with Gasteiger partial charge in [0.1, 0.15) is 0 Å². The van der Waals surface area contributed by atoms with Gasteiger partial charge in [-0.2, -0.15) is 0 Å². The molecule has 2 rings (SSSR count). The molecule has 0 aliphatic heterocycles. The number of urea groups is 1. The van der Waals surface area contributed by atoms with Gasteiger partial charge >= 0.3 is 6.03 Å². The molecular weight excluding hydrogens is 222 g/mol. The van der Waals surface area contributed by atoms with E-state index in [0.717, 1.165) is 11.3 Å². The zero-order valence-corrected chi connectivity index (χ0v) is 9.54. The summed E-state index contributed by atoms with van der Waals surface area (Å²) in [6.07, 6.45) is 1.64. The quantitative estimate of drug-likeness (QED) is 0.837. The Hall–Kier alpha value is -1.88. The zero-order chi connectivity index (χ0) is 11.4. The van der Waals surface area contributed by atoms with E-state index in [0.29, 0.717) is 5.13 Å². The Morgan fingerprint density at radius 2 is 2.00 bits per heavy atom. The summed E-state index contributed by atoms with van der Waals surface area (Å²) < 4.78 is 0. The molecule has 0 saturated carbocycles. The van der Waals surface area contributed by atoms with E-state index in [9.17, 15) is 4.79 Å². The van der Waals surface area contributed by atoms with Crippen LogP contribution in [0, 0.1) is 6.92 Å². The van der Waals surface area contributed by atoms with E-state index in [-0.39, 0.29) is 6.03 Å². The molecule has 0 aliphatic rings. The van der Waals surface area contributed by atoms with Crippen LogP contribution in [-0.2, 0) is 0 Å². The van der Waals surface area contributed by atoms with Crippen molar-refractivity contribution in [2.45, 2.75) is 6.92 Å². The number of rotatable bonds is 2. The van der Waals surface area contributed by atoms with Gasteiger partial charge in [0.2, 0.25) is 0 Å². The van der Waals surface area contributed by atoms with Crippen molar-refractivity contribution in [3.05, 3.63) is 41.4 Å². The Kier molecular flexibility index (Phi) is 3.16. The maximum absolute atomic E-state index is 11.5. The summed E-state index contributed by atoms with van der Waals surface area (Å²) in [5, 5.41) is 7.76. The second kappa shape index (κ2) is 4.76. The molecule has 0 atom stereocenters. The lowest BCUT2D eigenvalue weighted by Gasteiger charge is -2.05. The fourth-order valence-electron chi connectivity index (χ4n) is 1.18. The molecule has 2 amide bonds. The van der Waals surface area contributed by atoms with Gasteiger partial charge in [0, 0.05) is 17.3 Å². The number of hydrogen-bond donors (Lipinski definition) is 2. The van der Waals surface area contributed by atoms with Crippen LogP contribution >= 0.6 is 11.3 Å². The SMILES string of the molecule is Cc1ccc(NC(=O)Nc2nccs2)cc1. The van der Waals surface area contributed by atoms with Crippen molar-refractivity contribution in [2.75, 3.05) is 10.6 Å². The minimum absolute atomic E-state index is 0.279. The van der Waals surface area contributed by atoms with Crippen LogP contribution in [0.25, 0.3) is 0 Å². The van der Waals surface area contributed by atoms with Crippen molar-refractivity contribution in [2.24, 2.45) is 0 Å². The minimum Gasteiger partial charge on any atom is -0.308 e. The normalized spacial score (nSPS) is 9.81.